The Bertz CT molecular complexity index is 1550. The number of carboxylic acid groups (broad SMARTS) is 1. The number of para-hydroxylation sites is 1. The van der Waals surface area contributed by atoms with Crippen molar-refractivity contribution in [1.29, 1.82) is 0 Å². The Morgan fingerprint density at radius 2 is 1.57 bits per heavy atom. The molecule has 1 aliphatic rings. The van der Waals surface area contributed by atoms with Crippen molar-refractivity contribution in [1.82, 2.24) is 24.9 Å². The Morgan fingerprint density at radius 3 is 2.17 bits per heavy atom. The van der Waals surface area contributed by atoms with E-state index in [4.69, 9.17) is 9.47 Å². The molecule has 2 N–H and O–H groups in total. The SMILES string of the molecule is Cc1ccc(OC(=O)N2CCN(C(=O)[C@H](CCC(=O)O)NC(=O)c3cc(OCC(=O)C(C)(C)C)n(-c4ccccc4)n3)CC2)cc1. The number of ether oxygens (including phenoxy) is 2. The van der Waals surface area contributed by atoms with Crippen LogP contribution < -0.4 is 14.8 Å². The van der Waals surface area contributed by atoms with Gasteiger partial charge in [0, 0.05) is 44.1 Å². The summed E-state index contributed by atoms with van der Waals surface area (Å²) in [4.78, 5) is 66.5. The first-order chi connectivity index (χ1) is 21.8. The number of aromatic nitrogens is 2. The topological polar surface area (TPSA) is 160 Å². The van der Waals surface area contributed by atoms with Crippen molar-refractivity contribution in [3.05, 3.63) is 71.9 Å². The van der Waals surface area contributed by atoms with Crippen molar-refractivity contribution in [2.24, 2.45) is 5.41 Å². The fourth-order valence-electron chi connectivity index (χ4n) is 4.55. The minimum Gasteiger partial charge on any atom is -0.481 e. The van der Waals surface area contributed by atoms with Crippen LogP contribution in [0.3, 0.4) is 0 Å². The molecule has 46 heavy (non-hydrogen) atoms. The van der Waals surface area contributed by atoms with Gasteiger partial charge in [0.2, 0.25) is 11.8 Å². The number of benzene rings is 2. The van der Waals surface area contributed by atoms with E-state index in [1.165, 1.54) is 20.5 Å². The van der Waals surface area contributed by atoms with E-state index < -0.39 is 35.3 Å². The maximum absolute atomic E-state index is 13.5. The number of aryl methyl sites for hydroxylation is 1. The summed E-state index contributed by atoms with van der Waals surface area (Å²) in [6.07, 6.45) is -1.05. The van der Waals surface area contributed by atoms with Crippen LogP contribution in [0.15, 0.2) is 60.7 Å². The first kappa shape index (κ1) is 33.7. The zero-order chi connectivity index (χ0) is 33.4. The summed E-state index contributed by atoms with van der Waals surface area (Å²) in [7, 11) is 0. The summed E-state index contributed by atoms with van der Waals surface area (Å²) in [5, 5.41) is 16.3. The highest BCUT2D eigenvalue weighted by Gasteiger charge is 2.32. The molecule has 1 fully saturated rings. The maximum Gasteiger partial charge on any atom is 0.415 e. The van der Waals surface area contributed by atoms with Crippen molar-refractivity contribution in [2.75, 3.05) is 32.8 Å². The molecule has 13 heteroatoms. The number of hydrogen-bond donors (Lipinski definition) is 2. The molecule has 0 saturated carbocycles. The standard InChI is InChI=1S/C33H39N5O8/c1-22-10-12-24(13-11-22)46-32(44)37-18-16-36(17-19-37)31(43)25(14-15-29(40)41)34-30(42)26-20-28(45-21-27(39)33(2,3)4)38(35-26)23-8-6-5-7-9-23/h5-13,20,25H,14-19,21H2,1-4H3,(H,34,42)(H,40,41)/t25-/m0/s1. The van der Waals surface area contributed by atoms with Gasteiger partial charge in [-0.2, -0.15) is 5.10 Å². The van der Waals surface area contributed by atoms with Gasteiger partial charge >= 0.3 is 12.1 Å². The second-order valence-corrected chi connectivity index (χ2v) is 12.0. The number of Topliss-reactive ketones (excluding diaryl/α,β-unsaturated/α-hetero) is 1. The average Bonchev–Trinajstić information content (AvgIpc) is 3.47. The third-order valence-corrected chi connectivity index (χ3v) is 7.42. The van der Waals surface area contributed by atoms with Crippen molar-refractivity contribution >= 4 is 29.7 Å². The Morgan fingerprint density at radius 1 is 0.935 bits per heavy atom. The lowest BCUT2D eigenvalue weighted by Gasteiger charge is -2.35. The molecule has 3 aromatic rings. The number of rotatable bonds is 11. The number of carbonyl (C=O) groups is 5. The molecular formula is C33H39N5O8. The minimum absolute atomic E-state index is 0.0844. The highest BCUT2D eigenvalue weighted by molar-refractivity contribution is 5.96. The zero-order valence-corrected chi connectivity index (χ0v) is 26.4. The van der Waals surface area contributed by atoms with Gasteiger partial charge in [-0.1, -0.05) is 56.7 Å². The monoisotopic (exact) mass is 633 g/mol. The molecule has 3 amide bonds. The van der Waals surface area contributed by atoms with Crippen LogP contribution in [0.2, 0.25) is 0 Å². The van der Waals surface area contributed by atoms with Crippen molar-refractivity contribution in [2.45, 2.75) is 46.6 Å². The van der Waals surface area contributed by atoms with E-state index in [0.717, 1.165) is 5.56 Å². The summed E-state index contributed by atoms with van der Waals surface area (Å²) < 4.78 is 12.6. The molecular weight excluding hydrogens is 594 g/mol. The zero-order valence-electron chi connectivity index (χ0n) is 26.4. The number of nitrogens with one attached hydrogen (secondary N) is 1. The van der Waals surface area contributed by atoms with Crippen LogP contribution in [0.4, 0.5) is 4.79 Å². The van der Waals surface area contributed by atoms with Crippen LogP contribution in [-0.4, -0.2) is 93.2 Å². The normalized spacial score (nSPS) is 13.9. The number of nitrogens with zero attached hydrogens (tertiary/aromatic N) is 4. The van der Waals surface area contributed by atoms with E-state index >= 15 is 0 Å². The molecule has 0 unspecified atom stereocenters. The predicted octanol–water partition coefficient (Wildman–Crippen LogP) is 3.48. The number of aliphatic carboxylic acids is 1. The van der Waals surface area contributed by atoms with Crippen LogP contribution in [0, 0.1) is 12.3 Å². The fourth-order valence-corrected chi connectivity index (χ4v) is 4.55. The molecule has 1 saturated heterocycles. The van der Waals surface area contributed by atoms with Crippen molar-refractivity contribution in [3.8, 4) is 17.3 Å². The van der Waals surface area contributed by atoms with E-state index in [0.29, 0.717) is 11.4 Å². The number of amides is 3. The number of piperazine rings is 1. The Hall–Kier alpha value is -5.20. The van der Waals surface area contributed by atoms with E-state index in [2.05, 4.69) is 10.4 Å². The minimum atomic E-state index is -1.16. The van der Waals surface area contributed by atoms with Gasteiger partial charge in [-0.25, -0.2) is 9.48 Å². The van der Waals surface area contributed by atoms with Gasteiger partial charge in [0.1, 0.15) is 18.4 Å². The van der Waals surface area contributed by atoms with E-state index in [1.807, 2.05) is 25.1 Å². The van der Waals surface area contributed by atoms with Crippen LogP contribution in [0.5, 0.6) is 11.6 Å². The van der Waals surface area contributed by atoms with Gasteiger partial charge in [0.15, 0.2) is 11.5 Å². The van der Waals surface area contributed by atoms with E-state index in [9.17, 15) is 29.1 Å². The molecule has 2 aromatic carbocycles. The lowest BCUT2D eigenvalue weighted by atomic mass is 9.91. The summed E-state index contributed by atoms with van der Waals surface area (Å²) in [6.45, 7) is 7.75. The molecule has 0 radical (unpaired) electrons. The van der Waals surface area contributed by atoms with Gasteiger partial charge in [0.05, 0.1) is 5.69 Å². The molecule has 244 valence electrons. The Kier molecular flexibility index (Phi) is 10.8. The second-order valence-electron chi connectivity index (χ2n) is 12.0. The molecule has 2 heterocycles. The van der Waals surface area contributed by atoms with Crippen LogP contribution >= 0.6 is 0 Å². The van der Waals surface area contributed by atoms with Crippen molar-refractivity contribution < 1.29 is 38.6 Å². The molecule has 0 bridgehead atoms. The summed E-state index contributed by atoms with van der Waals surface area (Å²) in [6, 6.07) is 16.2. The van der Waals surface area contributed by atoms with Gasteiger partial charge < -0.3 is 29.7 Å². The predicted molar refractivity (Wildman–Crippen MR) is 167 cm³/mol. The van der Waals surface area contributed by atoms with E-state index in [1.54, 1.807) is 57.2 Å². The van der Waals surface area contributed by atoms with Gasteiger partial charge in [-0.05, 0) is 37.6 Å². The molecule has 4 rings (SSSR count). The quantitative estimate of drug-likeness (QED) is 0.322. The molecule has 1 atom stereocenters. The van der Waals surface area contributed by atoms with Crippen LogP contribution in [0.1, 0.15) is 49.7 Å². The number of ketones is 1. The summed E-state index contributed by atoms with van der Waals surface area (Å²) in [5.41, 5.74) is 0.890. The Balaban J connectivity index is 1.45. The molecule has 0 aliphatic carbocycles. The first-order valence-corrected chi connectivity index (χ1v) is 15.0. The smallest absolute Gasteiger partial charge is 0.415 e. The van der Waals surface area contributed by atoms with Crippen molar-refractivity contribution in [3.63, 3.8) is 0 Å². The van der Waals surface area contributed by atoms with Gasteiger partial charge in [-0.3, -0.25) is 19.2 Å². The van der Waals surface area contributed by atoms with Gasteiger partial charge in [0.25, 0.3) is 5.91 Å². The molecule has 13 nitrogen and oxygen atoms in total. The largest absolute Gasteiger partial charge is 0.481 e. The number of carboxylic acids is 1. The molecule has 0 spiro atoms. The third kappa shape index (κ3) is 8.93. The second kappa shape index (κ2) is 14.7. The molecule has 1 aromatic heterocycles. The average molecular weight is 634 g/mol. The van der Waals surface area contributed by atoms with Crippen LogP contribution in [-0.2, 0) is 14.4 Å². The highest BCUT2D eigenvalue weighted by Crippen LogP contribution is 2.22. The number of hydrogen-bond acceptors (Lipinski definition) is 8. The first-order valence-electron chi connectivity index (χ1n) is 15.0. The lowest BCUT2D eigenvalue weighted by Crippen LogP contribution is -2.56. The summed E-state index contributed by atoms with van der Waals surface area (Å²) in [5.74, 6) is -1.90. The van der Waals surface area contributed by atoms with E-state index in [-0.39, 0.29) is 63.0 Å². The Labute approximate surface area is 267 Å². The highest BCUT2D eigenvalue weighted by atomic mass is 16.6. The maximum atomic E-state index is 13.5. The van der Waals surface area contributed by atoms with Gasteiger partial charge in [-0.15, -0.1) is 0 Å². The lowest BCUT2D eigenvalue weighted by molar-refractivity contribution is -0.138. The fraction of sp³-hybridized carbons (Fsp3) is 0.394. The van der Waals surface area contributed by atoms with Crippen LogP contribution in [0.25, 0.3) is 5.69 Å². The number of carbonyl (C=O) groups excluding carboxylic acids is 4. The third-order valence-electron chi connectivity index (χ3n) is 7.42. The molecule has 1 aliphatic heterocycles. The summed E-state index contributed by atoms with van der Waals surface area (Å²) >= 11 is 0.